The van der Waals surface area contributed by atoms with Gasteiger partial charge in [-0.05, 0) is 42.8 Å². The Morgan fingerprint density at radius 3 is 2.33 bits per heavy atom. The first kappa shape index (κ1) is 20.5. The number of carbonyl (C=O) groups excluding carboxylic acids is 1. The van der Waals surface area contributed by atoms with Crippen LogP contribution in [-0.2, 0) is 9.53 Å². The van der Waals surface area contributed by atoms with E-state index in [4.69, 9.17) is 4.74 Å². The van der Waals surface area contributed by atoms with Gasteiger partial charge in [0.25, 0.3) is 5.91 Å². The molecule has 2 heterocycles. The van der Waals surface area contributed by atoms with Crippen LogP contribution in [0.2, 0.25) is 0 Å². The summed E-state index contributed by atoms with van der Waals surface area (Å²) < 4.78 is 5.81. The maximum atomic E-state index is 13.2. The SMILES string of the molecule is CC(C)c1ccc(N2CCO/C(=C/c3ccccc3N3CCN(C)CC3)C2=O)cc1. The standard InChI is InChI=1S/C25H31N3O2/c1-19(2)20-8-10-22(11-9-20)28-16-17-30-24(25(28)29)18-21-6-4-5-7-23(21)27-14-12-26(3)13-15-27/h4-11,18-19H,12-17H2,1-3H3/b24-18+. The average Bonchev–Trinajstić information content (AvgIpc) is 2.76. The highest BCUT2D eigenvalue weighted by Crippen LogP contribution is 2.28. The number of hydrogen-bond acceptors (Lipinski definition) is 4. The highest BCUT2D eigenvalue weighted by atomic mass is 16.5. The zero-order chi connectivity index (χ0) is 21.1. The van der Waals surface area contributed by atoms with E-state index in [1.54, 1.807) is 0 Å². The number of para-hydroxylation sites is 1. The number of rotatable bonds is 4. The molecule has 2 fully saturated rings. The van der Waals surface area contributed by atoms with E-state index in [9.17, 15) is 4.79 Å². The van der Waals surface area contributed by atoms with Crippen molar-refractivity contribution >= 4 is 23.4 Å². The smallest absolute Gasteiger partial charge is 0.293 e. The van der Waals surface area contributed by atoms with Crippen LogP contribution in [0.3, 0.4) is 0 Å². The Balaban J connectivity index is 1.58. The Morgan fingerprint density at radius 1 is 0.933 bits per heavy atom. The van der Waals surface area contributed by atoms with Crippen LogP contribution in [-0.4, -0.2) is 57.2 Å². The summed E-state index contributed by atoms with van der Waals surface area (Å²) >= 11 is 0. The highest BCUT2D eigenvalue weighted by Gasteiger charge is 2.27. The van der Waals surface area contributed by atoms with Crippen molar-refractivity contribution in [1.82, 2.24) is 4.90 Å². The fourth-order valence-corrected chi connectivity index (χ4v) is 4.02. The molecule has 0 saturated carbocycles. The second-order valence-corrected chi connectivity index (χ2v) is 8.41. The van der Waals surface area contributed by atoms with Crippen LogP contribution in [0.4, 0.5) is 11.4 Å². The molecule has 2 aliphatic heterocycles. The van der Waals surface area contributed by atoms with Gasteiger partial charge in [-0.3, -0.25) is 4.79 Å². The quantitative estimate of drug-likeness (QED) is 0.722. The molecule has 0 unspecified atom stereocenters. The van der Waals surface area contributed by atoms with Crippen molar-refractivity contribution in [1.29, 1.82) is 0 Å². The van der Waals surface area contributed by atoms with Crippen LogP contribution in [0.5, 0.6) is 0 Å². The first-order valence-corrected chi connectivity index (χ1v) is 10.8. The molecule has 5 heteroatoms. The molecule has 0 spiro atoms. The Hall–Kier alpha value is -2.79. The minimum atomic E-state index is -0.0771. The molecule has 0 bridgehead atoms. The Kier molecular flexibility index (Phi) is 6.09. The number of carbonyl (C=O) groups is 1. The van der Waals surface area contributed by atoms with Crippen molar-refractivity contribution in [2.45, 2.75) is 19.8 Å². The molecule has 1 amide bonds. The van der Waals surface area contributed by atoms with Gasteiger partial charge >= 0.3 is 0 Å². The molecule has 158 valence electrons. The summed E-state index contributed by atoms with van der Waals surface area (Å²) in [6.45, 7) is 9.47. The van der Waals surface area contributed by atoms with Crippen LogP contribution < -0.4 is 9.80 Å². The second kappa shape index (κ2) is 8.92. The predicted octanol–water partition coefficient (Wildman–Crippen LogP) is 3.97. The van der Waals surface area contributed by atoms with E-state index in [0.29, 0.717) is 24.8 Å². The van der Waals surface area contributed by atoms with Gasteiger partial charge in [0.15, 0.2) is 5.76 Å². The van der Waals surface area contributed by atoms with E-state index < -0.39 is 0 Å². The molecule has 5 nitrogen and oxygen atoms in total. The Bertz CT molecular complexity index is 912. The zero-order valence-electron chi connectivity index (χ0n) is 18.2. The summed E-state index contributed by atoms with van der Waals surface area (Å²) in [5, 5.41) is 0. The van der Waals surface area contributed by atoms with Gasteiger partial charge in [-0.25, -0.2) is 0 Å². The van der Waals surface area contributed by atoms with Gasteiger partial charge in [0.1, 0.15) is 6.61 Å². The lowest BCUT2D eigenvalue weighted by molar-refractivity contribution is -0.120. The van der Waals surface area contributed by atoms with Gasteiger partial charge in [-0.2, -0.15) is 0 Å². The number of piperazine rings is 1. The zero-order valence-corrected chi connectivity index (χ0v) is 18.2. The third-order valence-corrected chi connectivity index (χ3v) is 5.97. The summed E-state index contributed by atoms with van der Waals surface area (Å²) in [7, 11) is 2.15. The molecule has 0 atom stereocenters. The first-order valence-electron chi connectivity index (χ1n) is 10.8. The van der Waals surface area contributed by atoms with Crippen LogP contribution in [0.1, 0.15) is 30.9 Å². The fraction of sp³-hybridized carbons (Fsp3) is 0.400. The van der Waals surface area contributed by atoms with Crippen molar-refractivity contribution in [2.24, 2.45) is 0 Å². The van der Waals surface area contributed by atoms with Crippen LogP contribution in [0, 0.1) is 0 Å². The Labute approximate surface area is 179 Å². The van der Waals surface area contributed by atoms with Crippen molar-refractivity contribution in [3.8, 4) is 0 Å². The largest absolute Gasteiger partial charge is 0.486 e. The van der Waals surface area contributed by atoms with Gasteiger partial charge in [-0.1, -0.05) is 44.2 Å². The lowest BCUT2D eigenvalue weighted by Gasteiger charge is -2.35. The highest BCUT2D eigenvalue weighted by molar-refractivity contribution is 6.07. The molecule has 2 saturated heterocycles. The maximum absolute atomic E-state index is 13.2. The van der Waals surface area contributed by atoms with Crippen molar-refractivity contribution in [3.05, 3.63) is 65.4 Å². The average molecular weight is 406 g/mol. The first-order chi connectivity index (χ1) is 14.5. The molecule has 0 aromatic heterocycles. The van der Waals surface area contributed by atoms with E-state index in [-0.39, 0.29) is 5.91 Å². The molecule has 0 radical (unpaired) electrons. The summed E-state index contributed by atoms with van der Waals surface area (Å²) in [5.74, 6) is 0.809. The van der Waals surface area contributed by atoms with Gasteiger partial charge in [0, 0.05) is 43.1 Å². The van der Waals surface area contributed by atoms with Crippen LogP contribution >= 0.6 is 0 Å². The minimum absolute atomic E-state index is 0.0771. The number of nitrogens with zero attached hydrogens (tertiary/aromatic N) is 3. The minimum Gasteiger partial charge on any atom is -0.486 e. The molecular formula is C25H31N3O2. The topological polar surface area (TPSA) is 36.0 Å². The number of amides is 1. The number of benzene rings is 2. The van der Waals surface area contributed by atoms with Gasteiger partial charge in [0.2, 0.25) is 0 Å². The summed E-state index contributed by atoms with van der Waals surface area (Å²) in [6, 6.07) is 16.6. The summed E-state index contributed by atoms with van der Waals surface area (Å²) in [5.41, 5.74) is 4.39. The van der Waals surface area contributed by atoms with E-state index in [1.165, 1.54) is 5.56 Å². The lowest BCUT2D eigenvalue weighted by atomic mass is 10.0. The molecular weight excluding hydrogens is 374 g/mol. The maximum Gasteiger partial charge on any atom is 0.293 e. The lowest BCUT2D eigenvalue weighted by Crippen LogP contribution is -2.44. The van der Waals surface area contributed by atoms with Gasteiger partial charge in [-0.15, -0.1) is 0 Å². The molecule has 2 aromatic rings. The molecule has 0 N–H and O–H groups in total. The third-order valence-electron chi connectivity index (χ3n) is 5.97. The number of hydrogen-bond donors (Lipinski definition) is 0. The monoisotopic (exact) mass is 405 g/mol. The van der Waals surface area contributed by atoms with Gasteiger partial charge < -0.3 is 19.4 Å². The number of anilines is 2. The van der Waals surface area contributed by atoms with E-state index in [0.717, 1.165) is 43.1 Å². The number of ether oxygens (including phenoxy) is 1. The fourth-order valence-electron chi connectivity index (χ4n) is 4.02. The number of likely N-dealkylation sites (N-methyl/N-ethyl adjacent to an activating group) is 1. The Morgan fingerprint density at radius 2 is 1.63 bits per heavy atom. The molecule has 4 rings (SSSR count). The molecule has 0 aliphatic carbocycles. The summed E-state index contributed by atoms with van der Waals surface area (Å²) in [6.07, 6.45) is 1.91. The normalized spacial score (nSPS) is 19.5. The van der Waals surface area contributed by atoms with E-state index in [1.807, 2.05) is 29.2 Å². The van der Waals surface area contributed by atoms with Crippen LogP contribution in [0.15, 0.2) is 54.3 Å². The summed E-state index contributed by atoms with van der Waals surface area (Å²) in [4.78, 5) is 19.7. The van der Waals surface area contributed by atoms with Crippen molar-refractivity contribution in [3.63, 3.8) is 0 Å². The number of morpholine rings is 1. The second-order valence-electron chi connectivity index (χ2n) is 8.41. The molecule has 30 heavy (non-hydrogen) atoms. The predicted molar refractivity (Wildman–Crippen MR) is 123 cm³/mol. The van der Waals surface area contributed by atoms with E-state index in [2.05, 4.69) is 61.0 Å². The van der Waals surface area contributed by atoms with E-state index >= 15 is 0 Å². The van der Waals surface area contributed by atoms with Crippen LogP contribution in [0.25, 0.3) is 6.08 Å². The molecule has 2 aromatic carbocycles. The third kappa shape index (κ3) is 4.36. The molecule has 2 aliphatic rings. The van der Waals surface area contributed by atoms with Crippen molar-refractivity contribution in [2.75, 3.05) is 56.2 Å². The van der Waals surface area contributed by atoms with Gasteiger partial charge in [0.05, 0.1) is 6.54 Å². The van der Waals surface area contributed by atoms with Crippen molar-refractivity contribution < 1.29 is 9.53 Å².